The van der Waals surface area contributed by atoms with Crippen LogP contribution in [-0.2, 0) is 22.4 Å². The topological polar surface area (TPSA) is 79.4 Å². The number of aromatic nitrogens is 1. The zero-order valence-corrected chi connectivity index (χ0v) is 17.3. The SMILES string of the molecule is Cc1ccc(N2C(=O)NC(=O)C(CCc3ccccn3)(Cc3cccs3)C2=O)cc1. The standard InChI is InChI=1S/C23H21N3O3S/c1-16-7-9-18(10-8-16)26-21(28)23(20(27)25-22(26)29,15-19-6-4-14-30-19)12-11-17-5-2-3-13-24-17/h2-10,13-14H,11-12,15H2,1H3,(H,25,27,29). The summed E-state index contributed by atoms with van der Waals surface area (Å²) >= 11 is 1.49. The molecule has 1 aromatic carbocycles. The van der Waals surface area contributed by atoms with Gasteiger partial charge in [-0.1, -0.05) is 29.8 Å². The number of hydrogen-bond donors (Lipinski definition) is 1. The number of thiophene rings is 1. The van der Waals surface area contributed by atoms with Gasteiger partial charge >= 0.3 is 6.03 Å². The first kappa shape index (κ1) is 20.0. The van der Waals surface area contributed by atoms with Crippen molar-refractivity contribution in [2.45, 2.75) is 26.2 Å². The fourth-order valence-corrected chi connectivity index (χ4v) is 4.49. The lowest BCUT2D eigenvalue weighted by molar-refractivity contribution is -0.143. The summed E-state index contributed by atoms with van der Waals surface area (Å²) in [5.74, 6) is -1.05. The van der Waals surface area contributed by atoms with Crippen molar-refractivity contribution in [2.24, 2.45) is 5.41 Å². The molecule has 0 spiro atoms. The van der Waals surface area contributed by atoms with Crippen LogP contribution in [0, 0.1) is 12.3 Å². The van der Waals surface area contributed by atoms with Gasteiger partial charge in [0.25, 0.3) is 5.91 Å². The van der Waals surface area contributed by atoms with Crippen LogP contribution in [0.15, 0.2) is 66.2 Å². The molecule has 0 bridgehead atoms. The van der Waals surface area contributed by atoms with Crippen molar-refractivity contribution >= 4 is 34.9 Å². The number of rotatable bonds is 6. The third-order valence-electron chi connectivity index (χ3n) is 5.35. The molecule has 1 atom stereocenters. The van der Waals surface area contributed by atoms with E-state index in [1.54, 1.807) is 18.3 Å². The summed E-state index contributed by atoms with van der Waals surface area (Å²) in [7, 11) is 0. The highest BCUT2D eigenvalue weighted by Gasteiger charge is 2.54. The molecule has 0 aliphatic carbocycles. The third kappa shape index (κ3) is 3.76. The minimum atomic E-state index is -1.39. The predicted molar refractivity (Wildman–Crippen MR) is 115 cm³/mol. The van der Waals surface area contributed by atoms with E-state index in [0.29, 0.717) is 12.1 Å². The normalized spacial score (nSPS) is 19.1. The van der Waals surface area contributed by atoms with Gasteiger partial charge in [0.15, 0.2) is 0 Å². The lowest BCUT2D eigenvalue weighted by Gasteiger charge is -2.39. The summed E-state index contributed by atoms with van der Waals surface area (Å²) in [6.45, 7) is 1.93. The zero-order valence-electron chi connectivity index (χ0n) is 16.5. The Kier molecular flexibility index (Phi) is 5.46. The number of carbonyl (C=O) groups excluding carboxylic acids is 3. The summed E-state index contributed by atoms with van der Waals surface area (Å²) in [6.07, 6.45) is 2.62. The van der Waals surface area contributed by atoms with E-state index in [2.05, 4.69) is 10.3 Å². The highest BCUT2D eigenvalue weighted by atomic mass is 32.1. The van der Waals surface area contributed by atoms with Gasteiger partial charge in [-0.15, -0.1) is 11.3 Å². The average Bonchev–Trinajstić information content (AvgIpc) is 3.25. The van der Waals surface area contributed by atoms with Crippen LogP contribution in [0.3, 0.4) is 0 Å². The minimum Gasteiger partial charge on any atom is -0.276 e. The first-order valence-electron chi connectivity index (χ1n) is 9.68. The molecule has 0 saturated carbocycles. The van der Waals surface area contributed by atoms with Crippen LogP contribution in [0.5, 0.6) is 0 Å². The van der Waals surface area contributed by atoms with Gasteiger partial charge < -0.3 is 0 Å². The fraction of sp³-hybridized carbons (Fsp3) is 0.217. The molecule has 1 fully saturated rings. The van der Waals surface area contributed by atoms with E-state index in [1.165, 1.54) is 11.3 Å². The van der Waals surface area contributed by atoms with Gasteiger partial charge in [-0.3, -0.25) is 19.9 Å². The maximum atomic E-state index is 13.7. The number of aryl methyl sites for hydroxylation is 2. The van der Waals surface area contributed by atoms with Gasteiger partial charge in [0.2, 0.25) is 5.91 Å². The number of nitrogens with zero attached hydrogens (tertiary/aromatic N) is 2. The molecule has 4 amide bonds. The lowest BCUT2D eigenvalue weighted by atomic mass is 9.75. The maximum Gasteiger partial charge on any atom is 0.335 e. The van der Waals surface area contributed by atoms with Crippen molar-refractivity contribution in [3.05, 3.63) is 82.3 Å². The van der Waals surface area contributed by atoms with Crippen molar-refractivity contribution < 1.29 is 14.4 Å². The molecule has 152 valence electrons. The van der Waals surface area contributed by atoms with Crippen LogP contribution in [0.4, 0.5) is 10.5 Å². The Morgan fingerprint density at radius 3 is 2.50 bits per heavy atom. The Bertz CT molecular complexity index is 1060. The van der Waals surface area contributed by atoms with E-state index in [4.69, 9.17) is 0 Å². The Labute approximate surface area is 178 Å². The van der Waals surface area contributed by atoms with Crippen LogP contribution in [0.2, 0.25) is 0 Å². The molecule has 1 N–H and O–H groups in total. The number of imide groups is 2. The molecule has 3 aromatic rings. The smallest absolute Gasteiger partial charge is 0.276 e. The molecule has 1 unspecified atom stereocenters. The second-order valence-electron chi connectivity index (χ2n) is 7.39. The number of amides is 4. The third-order valence-corrected chi connectivity index (χ3v) is 6.23. The van der Waals surface area contributed by atoms with E-state index in [0.717, 1.165) is 21.0 Å². The van der Waals surface area contributed by atoms with Crippen LogP contribution in [0.1, 0.15) is 22.6 Å². The van der Waals surface area contributed by atoms with Gasteiger partial charge in [0.1, 0.15) is 5.41 Å². The maximum absolute atomic E-state index is 13.7. The molecule has 0 radical (unpaired) electrons. The summed E-state index contributed by atoms with van der Waals surface area (Å²) in [5.41, 5.74) is 0.868. The Balaban J connectivity index is 1.73. The second kappa shape index (κ2) is 8.20. The molecule has 1 saturated heterocycles. The number of barbiturate groups is 1. The lowest BCUT2D eigenvalue weighted by Crippen LogP contribution is -2.65. The molecular weight excluding hydrogens is 398 g/mol. The van der Waals surface area contributed by atoms with E-state index in [1.807, 2.05) is 54.8 Å². The van der Waals surface area contributed by atoms with Gasteiger partial charge in [-0.05, 0) is 55.5 Å². The summed E-state index contributed by atoms with van der Waals surface area (Å²) in [5, 5.41) is 4.34. The number of urea groups is 1. The quantitative estimate of drug-likeness (QED) is 0.615. The van der Waals surface area contributed by atoms with Gasteiger partial charge in [0, 0.05) is 23.2 Å². The number of nitrogens with one attached hydrogen (secondary N) is 1. The van der Waals surface area contributed by atoms with Crippen molar-refractivity contribution in [1.29, 1.82) is 0 Å². The van der Waals surface area contributed by atoms with Gasteiger partial charge in [-0.2, -0.15) is 0 Å². The Hall–Kier alpha value is -3.32. The van der Waals surface area contributed by atoms with E-state index in [-0.39, 0.29) is 12.8 Å². The van der Waals surface area contributed by atoms with E-state index < -0.39 is 23.3 Å². The van der Waals surface area contributed by atoms with Crippen LogP contribution in [0.25, 0.3) is 0 Å². The number of benzene rings is 1. The molecule has 4 rings (SSSR count). The first-order valence-corrected chi connectivity index (χ1v) is 10.6. The zero-order chi connectivity index (χ0) is 21.1. The van der Waals surface area contributed by atoms with Crippen molar-refractivity contribution in [3.8, 4) is 0 Å². The summed E-state index contributed by atoms with van der Waals surface area (Å²) in [6, 6.07) is 15.7. The molecule has 1 aliphatic heterocycles. The Morgan fingerprint density at radius 2 is 1.83 bits per heavy atom. The molecule has 1 aliphatic rings. The number of carbonyl (C=O) groups is 3. The fourth-order valence-electron chi connectivity index (χ4n) is 3.67. The monoisotopic (exact) mass is 419 g/mol. The first-order chi connectivity index (χ1) is 14.5. The van der Waals surface area contributed by atoms with Crippen molar-refractivity contribution in [3.63, 3.8) is 0 Å². The number of anilines is 1. The van der Waals surface area contributed by atoms with E-state index >= 15 is 0 Å². The number of hydrogen-bond acceptors (Lipinski definition) is 5. The second-order valence-corrected chi connectivity index (χ2v) is 8.43. The van der Waals surface area contributed by atoms with Crippen LogP contribution in [-0.4, -0.2) is 22.8 Å². The summed E-state index contributed by atoms with van der Waals surface area (Å²) < 4.78 is 0. The molecular formula is C23H21N3O3S. The molecule has 2 aromatic heterocycles. The predicted octanol–water partition coefficient (Wildman–Crippen LogP) is 3.90. The highest BCUT2D eigenvalue weighted by Crippen LogP contribution is 2.37. The average molecular weight is 420 g/mol. The molecule has 7 heteroatoms. The highest BCUT2D eigenvalue weighted by molar-refractivity contribution is 7.09. The van der Waals surface area contributed by atoms with Crippen molar-refractivity contribution in [2.75, 3.05) is 4.90 Å². The van der Waals surface area contributed by atoms with E-state index in [9.17, 15) is 14.4 Å². The van der Waals surface area contributed by atoms with Gasteiger partial charge in [0.05, 0.1) is 5.69 Å². The van der Waals surface area contributed by atoms with Crippen molar-refractivity contribution in [1.82, 2.24) is 10.3 Å². The Morgan fingerprint density at radius 1 is 1.03 bits per heavy atom. The summed E-state index contributed by atoms with van der Waals surface area (Å²) in [4.78, 5) is 45.8. The number of pyridine rings is 1. The molecule has 3 heterocycles. The van der Waals surface area contributed by atoms with Gasteiger partial charge in [-0.25, -0.2) is 9.69 Å². The van der Waals surface area contributed by atoms with Crippen LogP contribution < -0.4 is 10.2 Å². The molecule has 6 nitrogen and oxygen atoms in total. The minimum absolute atomic E-state index is 0.234. The molecule has 30 heavy (non-hydrogen) atoms. The van der Waals surface area contributed by atoms with Crippen LogP contribution >= 0.6 is 11.3 Å². The largest absolute Gasteiger partial charge is 0.335 e.